The number of hydrogen-bond acceptors (Lipinski definition) is 11. The summed E-state index contributed by atoms with van der Waals surface area (Å²) >= 11 is 0. The van der Waals surface area contributed by atoms with E-state index in [1.54, 1.807) is 0 Å². The molecule has 0 aromatic heterocycles. The van der Waals surface area contributed by atoms with Gasteiger partial charge >= 0.3 is 0 Å². The van der Waals surface area contributed by atoms with Gasteiger partial charge in [-0.15, -0.1) is 0 Å². The summed E-state index contributed by atoms with van der Waals surface area (Å²) < 4.78 is 54.0. The SMILES string of the molecule is C=C1C[C@@H]2CC[C@@]34C[C@H]5O[C@H]6[C@@H](O3)[C@H]3O[C@H](CC[C@@H]3O[C@H]6C5O4)CC(=O)CC3[C@H](CC4O[C@@H](CCC1O2)C[C@@H](C)C4=C)O[C@H](C[C@H](O)CN)[C@@H]3C. The lowest BCUT2D eigenvalue weighted by Crippen LogP contribution is -2.61. The number of ether oxygens (including phenoxy) is 8. The number of aliphatic hydroxyl groups excluding tert-OH is 1. The Hall–Kier alpha value is -1.25. The van der Waals surface area contributed by atoms with Crippen LogP contribution in [-0.4, -0.2) is 115 Å². The largest absolute Gasteiger partial charge is 0.392 e. The number of fused-ring (bicyclic) bond motifs is 6. The molecule has 51 heavy (non-hydrogen) atoms. The average Bonchev–Trinajstić information content (AvgIpc) is 3.77. The molecular formula is C40H59NO10. The number of nitrogens with two attached hydrogens (primary N) is 1. The minimum Gasteiger partial charge on any atom is -0.392 e. The first-order valence-electron chi connectivity index (χ1n) is 20.1. The van der Waals surface area contributed by atoms with Crippen molar-refractivity contribution < 1.29 is 47.8 Å². The number of carbonyl (C=O) groups is 1. The second-order valence-electron chi connectivity index (χ2n) is 17.6. The van der Waals surface area contributed by atoms with E-state index in [4.69, 9.17) is 43.6 Å². The van der Waals surface area contributed by atoms with Crippen LogP contribution in [0.25, 0.3) is 0 Å². The van der Waals surface area contributed by atoms with Crippen molar-refractivity contribution in [3.8, 4) is 0 Å². The third-order valence-electron chi connectivity index (χ3n) is 14.2. The van der Waals surface area contributed by atoms with E-state index >= 15 is 0 Å². The van der Waals surface area contributed by atoms with E-state index in [1.807, 2.05) is 0 Å². The molecule has 1 spiro atoms. The Morgan fingerprint density at radius 3 is 2.35 bits per heavy atom. The van der Waals surface area contributed by atoms with Crippen molar-refractivity contribution in [2.75, 3.05) is 6.54 Å². The Bertz CT molecular complexity index is 1360. The molecule has 10 aliphatic rings. The highest BCUT2D eigenvalue weighted by molar-refractivity contribution is 5.79. The van der Waals surface area contributed by atoms with Crippen LogP contribution in [0.15, 0.2) is 24.3 Å². The van der Waals surface area contributed by atoms with Crippen LogP contribution >= 0.6 is 0 Å². The van der Waals surface area contributed by atoms with Gasteiger partial charge in [0.05, 0.1) is 61.0 Å². The van der Waals surface area contributed by atoms with Crippen LogP contribution in [0.3, 0.4) is 0 Å². The monoisotopic (exact) mass is 713 g/mol. The van der Waals surface area contributed by atoms with Crippen LogP contribution in [0.4, 0.5) is 0 Å². The van der Waals surface area contributed by atoms with E-state index < -0.39 is 11.9 Å². The summed E-state index contributed by atoms with van der Waals surface area (Å²) in [5.41, 5.74) is 8.06. The fourth-order valence-electron chi connectivity index (χ4n) is 11.3. The molecule has 19 atom stereocenters. The van der Waals surface area contributed by atoms with Gasteiger partial charge in [0.15, 0.2) is 5.79 Å². The number of rotatable bonds is 3. The van der Waals surface area contributed by atoms with Gasteiger partial charge in [0.2, 0.25) is 0 Å². The molecule has 11 nitrogen and oxygen atoms in total. The van der Waals surface area contributed by atoms with Gasteiger partial charge in [-0.3, -0.25) is 4.79 Å². The molecule has 12 bridgehead atoms. The molecule has 10 fully saturated rings. The molecule has 4 unspecified atom stereocenters. The van der Waals surface area contributed by atoms with Crippen LogP contribution in [0.1, 0.15) is 97.3 Å². The Kier molecular flexibility index (Phi) is 9.59. The van der Waals surface area contributed by atoms with Crippen LogP contribution < -0.4 is 5.73 Å². The van der Waals surface area contributed by atoms with Gasteiger partial charge in [-0.1, -0.05) is 27.0 Å². The van der Waals surface area contributed by atoms with E-state index in [0.717, 1.165) is 56.1 Å². The second-order valence-corrected chi connectivity index (χ2v) is 17.6. The molecule has 3 N–H and O–H groups in total. The zero-order valence-electron chi connectivity index (χ0n) is 30.4. The first-order valence-corrected chi connectivity index (χ1v) is 20.1. The van der Waals surface area contributed by atoms with Crippen molar-refractivity contribution in [2.24, 2.45) is 23.5 Å². The minimum absolute atomic E-state index is 0.00127. The van der Waals surface area contributed by atoms with Crippen LogP contribution in [0.2, 0.25) is 0 Å². The highest BCUT2D eigenvalue weighted by Gasteiger charge is 2.68. The molecule has 0 radical (unpaired) electrons. The first-order chi connectivity index (χ1) is 24.6. The van der Waals surface area contributed by atoms with Gasteiger partial charge in [-0.25, -0.2) is 0 Å². The first kappa shape index (κ1) is 35.5. The molecular weight excluding hydrogens is 654 g/mol. The summed E-state index contributed by atoms with van der Waals surface area (Å²) in [7, 11) is 0. The van der Waals surface area contributed by atoms with Gasteiger partial charge in [0.1, 0.15) is 36.3 Å². The van der Waals surface area contributed by atoms with Crippen molar-refractivity contribution in [3.05, 3.63) is 24.3 Å². The highest BCUT2D eigenvalue weighted by Crippen LogP contribution is 2.54. The Morgan fingerprint density at radius 2 is 1.51 bits per heavy atom. The fourth-order valence-corrected chi connectivity index (χ4v) is 11.3. The van der Waals surface area contributed by atoms with Crippen molar-refractivity contribution in [2.45, 2.75) is 195 Å². The predicted octanol–water partition coefficient (Wildman–Crippen LogP) is 4.06. The summed E-state index contributed by atoms with van der Waals surface area (Å²) in [5, 5.41) is 10.5. The molecule has 10 rings (SSSR count). The highest BCUT2D eigenvalue weighted by atomic mass is 16.8. The maximum absolute atomic E-state index is 14.0. The predicted molar refractivity (Wildman–Crippen MR) is 185 cm³/mol. The molecule has 0 saturated carbocycles. The fraction of sp³-hybridized carbons (Fsp3) is 0.875. The summed E-state index contributed by atoms with van der Waals surface area (Å²) in [6.07, 6.45) is 6.43. The quantitative estimate of drug-likeness (QED) is 0.410. The molecule has 0 aliphatic carbocycles. The normalized spacial score (nSPS) is 53.2. The van der Waals surface area contributed by atoms with Crippen molar-refractivity contribution >= 4 is 5.78 Å². The van der Waals surface area contributed by atoms with Gasteiger partial charge in [-0.2, -0.15) is 0 Å². The van der Waals surface area contributed by atoms with E-state index in [0.29, 0.717) is 44.4 Å². The van der Waals surface area contributed by atoms with Gasteiger partial charge < -0.3 is 48.7 Å². The Balaban J connectivity index is 0.986. The maximum atomic E-state index is 14.0. The summed E-state index contributed by atoms with van der Waals surface area (Å²) in [6.45, 7) is 13.5. The summed E-state index contributed by atoms with van der Waals surface area (Å²) in [6, 6.07) is 0. The topological polar surface area (TPSA) is 137 Å². The molecule has 10 aliphatic heterocycles. The summed E-state index contributed by atoms with van der Waals surface area (Å²) in [5.74, 6) is -0.222. The van der Waals surface area contributed by atoms with E-state index in [-0.39, 0.29) is 110 Å². The minimum atomic E-state index is -0.765. The summed E-state index contributed by atoms with van der Waals surface area (Å²) in [4.78, 5) is 14.0. The number of carbonyl (C=O) groups excluding carboxylic acids is 1. The van der Waals surface area contributed by atoms with Crippen molar-refractivity contribution in [3.63, 3.8) is 0 Å². The number of ketones is 1. The lowest BCUT2D eigenvalue weighted by Gasteiger charge is -2.47. The van der Waals surface area contributed by atoms with Crippen LogP contribution in [-0.2, 0) is 42.7 Å². The van der Waals surface area contributed by atoms with Crippen molar-refractivity contribution in [1.29, 1.82) is 0 Å². The Morgan fingerprint density at radius 1 is 0.765 bits per heavy atom. The molecule has 10 saturated heterocycles. The smallest absolute Gasteiger partial charge is 0.172 e. The number of hydrogen-bond donors (Lipinski definition) is 2. The molecule has 0 aromatic rings. The number of Topliss-reactive ketones (excluding diaryl/α,β-unsaturated/α-hetero) is 1. The van der Waals surface area contributed by atoms with Gasteiger partial charge in [0, 0.05) is 45.1 Å². The standard InChI is InChI=1S/C40H59NO10/c1-19-11-25-5-7-29-20(2)12-27(44-29)9-10-40-17-34-36(50-40)37-38(49-34)39(51-40)35-30(48-37)8-6-26(46-35)13-23(42)14-28-22(4)31(15-24(43)18-41)47-33(28)16-32(45-25)21(19)3/h19,22,24-39,43H,2-3,5-18,41H2,1,4H3/t19-,22-,24+,25+,26-,27+,28?,29?,30+,31-,32?,33+,34-,35+,36?,37+,38-,39+,40+/m1/s1. The van der Waals surface area contributed by atoms with Gasteiger partial charge in [-0.05, 0) is 73.8 Å². The molecule has 11 heteroatoms. The molecule has 0 aromatic carbocycles. The lowest BCUT2D eigenvalue weighted by molar-refractivity contribution is -0.292. The maximum Gasteiger partial charge on any atom is 0.172 e. The van der Waals surface area contributed by atoms with Gasteiger partial charge in [0.25, 0.3) is 0 Å². The molecule has 10 heterocycles. The number of aliphatic hydroxyl groups is 1. The Labute approximate surface area is 302 Å². The second kappa shape index (κ2) is 13.8. The third-order valence-corrected chi connectivity index (χ3v) is 14.2. The van der Waals surface area contributed by atoms with Crippen LogP contribution in [0.5, 0.6) is 0 Å². The van der Waals surface area contributed by atoms with Crippen LogP contribution in [0, 0.1) is 17.8 Å². The zero-order chi connectivity index (χ0) is 35.2. The van der Waals surface area contributed by atoms with E-state index in [1.165, 1.54) is 0 Å². The average molecular weight is 714 g/mol. The molecule has 284 valence electrons. The lowest BCUT2D eigenvalue weighted by atomic mass is 9.78. The zero-order valence-corrected chi connectivity index (χ0v) is 30.4. The van der Waals surface area contributed by atoms with E-state index in [9.17, 15) is 9.90 Å². The third kappa shape index (κ3) is 6.53. The van der Waals surface area contributed by atoms with Crippen molar-refractivity contribution in [1.82, 2.24) is 0 Å². The molecule has 0 amide bonds. The van der Waals surface area contributed by atoms with E-state index in [2.05, 4.69) is 27.0 Å².